The Hall–Kier alpha value is -1.83. The highest BCUT2D eigenvalue weighted by molar-refractivity contribution is 5.64. The van der Waals surface area contributed by atoms with Crippen LogP contribution in [0.25, 0.3) is 11.3 Å². The van der Waals surface area contributed by atoms with Crippen molar-refractivity contribution in [3.05, 3.63) is 48.2 Å². The molecule has 1 aromatic carbocycles. The lowest BCUT2D eigenvalue weighted by molar-refractivity contribution is 0.414. The van der Waals surface area contributed by atoms with Crippen molar-refractivity contribution >= 4 is 0 Å². The highest BCUT2D eigenvalue weighted by Gasteiger charge is 2.08. The van der Waals surface area contributed by atoms with Gasteiger partial charge >= 0.3 is 0 Å². The van der Waals surface area contributed by atoms with Gasteiger partial charge in [0.25, 0.3) is 0 Å². The average Bonchev–Trinajstić information content (AvgIpc) is 2.64. The predicted octanol–water partition coefficient (Wildman–Crippen LogP) is 6.44. The number of aromatic nitrogens is 1. The first-order valence-electron chi connectivity index (χ1n) is 9.43. The highest BCUT2D eigenvalue weighted by atomic mass is 16.5. The van der Waals surface area contributed by atoms with E-state index in [9.17, 15) is 0 Å². The fourth-order valence-corrected chi connectivity index (χ4v) is 3.13. The number of hydrogen-bond donors (Lipinski definition) is 0. The lowest BCUT2D eigenvalue weighted by Crippen LogP contribution is -1.94. The molecule has 0 aliphatic heterocycles. The van der Waals surface area contributed by atoms with E-state index in [0.717, 1.165) is 17.9 Å². The maximum Gasteiger partial charge on any atom is 0.119 e. The Morgan fingerprint density at radius 1 is 0.875 bits per heavy atom. The van der Waals surface area contributed by atoms with Gasteiger partial charge in [0.05, 0.1) is 12.8 Å². The molecule has 2 rings (SSSR count). The van der Waals surface area contributed by atoms with E-state index in [1.54, 1.807) is 7.11 Å². The highest BCUT2D eigenvalue weighted by Crippen LogP contribution is 2.27. The van der Waals surface area contributed by atoms with E-state index >= 15 is 0 Å². The molecule has 2 heteroatoms. The van der Waals surface area contributed by atoms with Crippen molar-refractivity contribution in [1.82, 2.24) is 4.98 Å². The van der Waals surface area contributed by atoms with Gasteiger partial charge in [0.2, 0.25) is 0 Å². The first kappa shape index (κ1) is 18.5. The van der Waals surface area contributed by atoms with Crippen LogP contribution in [0.4, 0.5) is 0 Å². The first-order chi connectivity index (χ1) is 11.8. The fraction of sp³-hybridized carbons (Fsp3) is 0.500. The zero-order valence-electron chi connectivity index (χ0n) is 15.3. The van der Waals surface area contributed by atoms with Crippen molar-refractivity contribution in [1.29, 1.82) is 0 Å². The van der Waals surface area contributed by atoms with E-state index in [4.69, 9.17) is 4.74 Å². The second-order valence-electron chi connectivity index (χ2n) is 6.46. The third kappa shape index (κ3) is 5.99. The molecule has 0 saturated heterocycles. The number of aryl methyl sites for hydroxylation is 1. The van der Waals surface area contributed by atoms with E-state index in [2.05, 4.69) is 30.1 Å². The minimum absolute atomic E-state index is 0.934. The average molecular weight is 325 g/mol. The van der Waals surface area contributed by atoms with Gasteiger partial charge in [0.15, 0.2) is 0 Å². The monoisotopic (exact) mass is 325 g/mol. The maximum atomic E-state index is 5.41. The van der Waals surface area contributed by atoms with Crippen LogP contribution < -0.4 is 4.74 Å². The molecule has 0 N–H and O–H groups in total. The number of ether oxygens (including phenoxy) is 1. The molecule has 1 aromatic heterocycles. The molecule has 24 heavy (non-hydrogen) atoms. The molecule has 0 atom stereocenters. The Bertz CT molecular complexity index is 580. The topological polar surface area (TPSA) is 22.1 Å². The molecule has 2 aromatic rings. The summed E-state index contributed by atoms with van der Waals surface area (Å²) in [4.78, 5) is 4.51. The number of nitrogens with zero attached hydrogens (tertiary/aromatic N) is 1. The summed E-state index contributed by atoms with van der Waals surface area (Å²) in [6.07, 6.45) is 13.7. The summed E-state index contributed by atoms with van der Waals surface area (Å²) in [5.41, 5.74) is 3.63. The molecular formula is C22H31NO. The third-order valence-electron chi connectivity index (χ3n) is 4.55. The van der Waals surface area contributed by atoms with Gasteiger partial charge in [-0.15, -0.1) is 0 Å². The summed E-state index contributed by atoms with van der Waals surface area (Å²) in [6, 6.07) is 12.4. The van der Waals surface area contributed by atoms with Gasteiger partial charge in [-0.25, -0.2) is 0 Å². The molecule has 0 bridgehead atoms. The maximum absolute atomic E-state index is 5.41. The van der Waals surface area contributed by atoms with Crippen molar-refractivity contribution in [2.75, 3.05) is 7.11 Å². The van der Waals surface area contributed by atoms with Crippen LogP contribution in [0.1, 0.15) is 63.9 Å². The Kier molecular flexibility index (Phi) is 8.37. The van der Waals surface area contributed by atoms with Crippen LogP contribution in [-0.2, 0) is 6.42 Å². The van der Waals surface area contributed by atoms with E-state index < -0.39 is 0 Å². The summed E-state index contributed by atoms with van der Waals surface area (Å²) in [5.74, 6) is 0.934. The Balaban J connectivity index is 1.89. The summed E-state index contributed by atoms with van der Waals surface area (Å²) >= 11 is 0. The summed E-state index contributed by atoms with van der Waals surface area (Å²) in [6.45, 7) is 2.27. The lowest BCUT2D eigenvalue weighted by atomic mass is 9.97. The van der Waals surface area contributed by atoms with Crippen LogP contribution in [0.15, 0.2) is 42.6 Å². The number of methoxy groups -OCH3 is 1. The van der Waals surface area contributed by atoms with Gasteiger partial charge < -0.3 is 4.74 Å². The second kappa shape index (κ2) is 10.9. The Morgan fingerprint density at radius 2 is 1.62 bits per heavy atom. The van der Waals surface area contributed by atoms with Crippen molar-refractivity contribution in [2.24, 2.45) is 0 Å². The number of pyridine rings is 1. The quantitative estimate of drug-likeness (QED) is 0.443. The summed E-state index contributed by atoms with van der Waals surface area (Å²) < 4.78 is 5.41. The molecule has 0 saturated carbocycles. The standard InChI is InChI=1S/C22H31NO/c1-3-4-5-6-7-8-9-10-13-19-18-20(24-2)15-16-21(19)22-14-11-12-17-23-22/h11-12,14-18H,3-10,13H2,1-2H3. The molecule has 0 amide bonds. The minimum Gasteiger partial charge on any atom is -0.497 e. The normalized spacial score (nSPS) is 10.8. The number of unbranched alkanes of at least 4 members (excludes halogenated alkanes) is 7. The van der Waals surface area contributed by atoms with Crippen LogP contribution in [0.2, 0.25) is 0 Å². The summed E-state index contributed by atoms with van der Waals surface area (Å²) in [5, 5.41) is 0. The molecule has 0 aliphatic carbocycles. The molecule has 2 nitrogen and oxygen atoms in total. The van der Waals surface area contributed by atoms with Gasteiger partial charge in [-0.05, 0) is 48.7 Å². The molecule has 130 valence electrons. The van der Waals surface area contributed by atoms with Gasteiger partial charge in [0.1, 0.15) is 5.75 Å². The number of hydrogen-bond acceptors (Lipinski definition) is 2. The Labute approximate surface area is 147 Å². The number of rotatable bonds is 11. The zero-order chi connectivity index (χ0) is 17.0. The van der Waals surface area contributed by atoms with E-state index in [-0.39, 0.29) is 0 Å². The van der Waals surface area contributed by atoms with Crippen molar-refractivity contribution in [2.45, 2.75) is 64.7 Å². The molecule has 0 aliphatic rings. The van der Waals surface area contributed by atoms with Crippen LogP contribution in [0, 0.1) is 0 Å². The van der Waals surface area contributed by atoms with Gasteiger partial charge in [-0.1, -0.05) is 57.9 Å². The smallest absolute Gasteiger partial charge is 0.119 e. The van der Waals surface area contributed by atoms with Crippen LogP contribution >= 0.6 is 0 Å². The van der Waals surface area contributed by atoms with Gasteiger partial charge in [-0.3, -0.25) is 4.98 Å². The second-order valence-corrected chi connectivity index (χ2v) is 6.46. The van der Waals surface area contributed by atoms with Crippen LogP contribution in [0.3, 0.4) is 0 Å². The lowest BCUT2D eigenvalue weighted by Gasteiger charge is -2.11. The van der Waals surface area contributed by atoms with Crippen LogP contribution in [0.5, 0.6) is 5.75 Å². The van der Waals surface area contributed by atoms with E-state index in [1.165, 1.54) is 62.5 Å². The van der Waals surface area contributed by atoms with Gasteiger partial charge in [-0.2, -0.15) is 0 Å². The van der Waals surface area contributed by atoms with Crippen molar-refractivity contribution < 1.29 is 4.74 Å². The van der Waals surface area contributed by atoms with E-state index in [0.29, 0.717) is 0 Å². The molecule has 0 spiro atoms. The summed E-state index contributed by atoms with van der Waals surface area (Å²) in [7, 11) is 1.73. The number of benzene rings is 1. The molecule has 0 radical (unpaired) electrons. The molecule has 1 heterocycles. The molecule has 0 fully saturated rings. The van der Waals surface area contributed by atoms with E-state index in [1.807, 2.05) is 24.4 Å². The van der Waals surface area contributed by atoms with Crippen molar-refractivity contribution in [3.63, 3.8) is 0 Å². The zero-order valence-corrected chi connectivity index (χ0v) is 15.3. The SMILES string of the molecule is CCCCCCCCCCc1cc(OC)ccc1-c1ccccn1. The third-order valence-corrected chi connectivity index (χ3v) is 4.55. The minimum atomic E-state index is 0.934. The molecular weight excluding hydrogens is 294 g/mol. The fourth-order valence-electron chi connectivity index (χ4n) is 3.13. The molecule has 0 unspecified atom stereocenters. The van der Waals surface area contributed by atoms with Gasteiger partial charge in [0, 0.05) is 11.8 Å². The van der Waals surface area contributed by atoms with Crippen LogP contribution in [-0.4, -0.2) is 12.1 Å². The Morgan fingerprint density at radius 3 is 2.29 bits per heavy atom. The first-order valence-corrected chi connectivity index (χ1v) is 9.43. The largest absolute Gasteiger partial charge is 0.497 e. The predicted molar refractivity (Wildman–Crippen MR) is 103 cm³/mol. The van der Waals surface area contributed by atoms with Crippen molar-refractivity contribution in [3.8, 4) is 17.0 Å².